The van der Waals surface area contributed by atoms with Gasteiger partial charge in [0.05, 0.1) is 19.2 Å². The van der Waals surface area contributed by atoms with Crippen LogP contribution in [-0.4, -0.2) is 54.3 Å². The van der Waals surface area contributed by atoms with E-state index in [-0.39, 0.29) is 24.2 Å². The second-order valence-electron chi connectivity index (χ2n) is 8.63. The molecular formula is C23H33N3O5. The summed E-state index contributed by atoms with van der Waals surface area (Å²) in [5.74, 6) is -1.17. The van der Waals surface area contributed by atoms with Gasteiger partial charge in [0.25, 0.3) is 0 Å². The van der Waals surface area contributed by atoms with Crippen LogP contribution in [0, 0.1) is 5.92 Å². The van der Waals surface area contributed by atoms with Gasteiger partial charge >= 0.3 is 0 Å². The lowest BCUT2D eigenvalue weighted by Gasteiger charge is -2.22. The molecule has 170 valence electrons. The Balaban J connectivity index is 1.89. The summed E-state index contributed by atoms with van der Waals surface area (Å²) in [4.78, 5) is 49.1. The van der Waals surface area contributed by atoms with E-state index >= 15 is 0 Å². The first-order valence-electron chi connectivity index (χ1n) is 10.7. The average Bonchev–Trinajstić information content (AvgIpc) is 3.47. The lowest BCUT2D eigenvalue weighted by atomic mass is 9.93. The van der Waals surface area contributed by atoms with Crippen LogP contribution in [0.5, 0.6) is 0 Å². The van der Waals surface area contributed by atoms with E-state index in [2.05, 4.69) is 16.0 Å². The molecule has 0 radical (unpaired) electrons. The second-order valence-corrected chi connectivity index (χ2v) is 8.63. The van der Waals surface area contributed by atoms with Gasteiger partial charge in [-0.3, -0.25) is 19.2 Å². The van der Waals surface area contributed by atoms with Crippen LogP contribution >= 0.6 is 0 Å². The number of benzene rings is 1. The summed E-state index contributed by atoms with van der Waals surface area (Å²) < 4.78 is 5.22. The monoisotopic (exact) mass is 431 g/mol. The molecule has 3 unspecified atom stereocenters. The van der Waals surface area contributed by atoms with Gasteiger partial charge in [0.1, 0.15) is 11.6 Å². The number of ether oxygens (including phenoxy) is 1. The van der Waals surface area contributed by atoms with Crippen LogP contribution in [-0.2, 0) is 30.3 Å². The van der Waals surface area contributed by atoms with Crippen molar-refractivity contribution in [3.63, 3.8) is 0 Å². The molecule has 0 bridgehead atoms. The third-order valence-corrected chi connectivity index (χ3v) is 5.14. The van der Waals surface area contributed by atoms with Crippen LogP contribution < -0.4 is 16.0 Å². The van der Waals surface area contributed by atoms with Crippen molar-refractivity contribution in [3.05, 3.63) is 35.9 Å². The summed E-state index contributed by atoms with van der Waals surface area (Å²) in [6, 6.07) is 8.22. The molecule has 3 atom stereocenters. The normalized spacial score (nSPS) is 19.3. The maximum absolute atomic E-state index is 12.6. The molecule has 1 aromatic carbocycles. The predicted molar refractivity (Wildman–Crippen MR) is 116 cm³/mol. The molecule has 0 aliphatic carbocycles. The number of aryl methyl sites for hydroxylation is 1. The molecule has 1 aromatic rings. The van der Waals surface area contributed by atoms with Crippen molar-refractivity contribution in [1.29, 1.82) is 0 Å². The van der Waals surface area contributed by atoms with E-state index < -0.39 is 29.5 Å². The molecular weight excluding hydrogens is 398 g/mol. The van der Waals surface area contributed by atoms with Gasteiger partial charge in [-0.05, 0) is 37.7 Å². The molecule has 0 saturated carbocycles. The SMILES string of the molecule is CC(=O)NC(CCc1ccccc1)C(=O)NCC(=O)NC(CC(C)C)C(=O)C1(C)CO1. The first kappa shape index (κ1) is 24.5. The minimum atomic E-state index is -0.829. The summed E-state index contributed by atoms with van der Waals surface area (Å²) in [5.41, 5.74) is 0.221. The number of epoxide rings is 1. The standard InChI is InChI=1S/C23H33N3O5/c1-15(2)12-19(21(29)23(4)14-31-23)26-20(28)13-24-22(30)18(25-16(3)27)11-10-17-8-6-5-7-9-17/h5-9,15,18-19H,10-14H2,1-4H3,(H,24,30)(H,25,27)(H,26,28). The Kier molecular flexibility index (Phi) is 8.74. The highest BCUT2D eigenvalue weighted by molar-refractivity contribution is 5.97. The fraction of sp³-hybridized carbons (Fsp3) is 0.565. The molecule has 3 N–H and O–H groups in total. The molecule has 0 aromatic heterocycles. The third kappa shape index (κ3) is 8.13. The number of rotatable bonds is 12. The largest absolute Gasteiger partial charge is 0.361 e. The topological polar surface area (TPSA) is 117 Å². The minimum absolute atomic E-state index is 0.153. The van der Waals surface area contributed by atoms with E-state index in [1.807, 2.05) is 44.2 Å². The maximum atomic E-state index is 12.6. The summed E-state index contributed by atoms with van der Waals surface area (Å²) in [5, 5.41) is 7.92. The number of Topliss-reactive ketones (excluding diaryl/α,β-unsaturated/α-hetero) is 1. The summed E-state index contributed by atoms with van der Waals surface area (Å²) in [7, 11) is 0. The van der Waals surface area contributed by atoms with Crippen molar-refractivity contribution in [2.24, 2.45) is 5.92 Å². The Morgan fingerprint density at radius 3 is 2.26 bits per heavy atom. The molecule has 31 heavy (non-hydrogen) atoms. The van der Waals surface area contributed by atoms with Crippen LogP contribution in [0.2, 0.25) is 0 Å². The molecule has 8 heteroatoms. The van der Waals surface area contributed by atoms with Crippen molar-refractivity contribution < 1.29 is 23.9 Å². The summed E-state index contributed by atoms with van der Waals surface area (Å²) in [6.07, 6.45) is 1.50. The van der Waals surface area contributed by atoms with Gasteiger partial charge in [-0.15, -0.1) is 0 Å². The smallest absolute Gasteiger partial charge is 0.243 e. The fourth-order valence-corrected chi connectivity index (χ4v) is 3.33. The van der Waals surface area contributed by atoms with Crippen molar-refractivity contribution in [3.8, 4) is 0 Å². The molecule has 0 spiro atoms. The Morgan fingerprint density at radius 2 is 1.71 bits per heavy atom. The molecule has 8 nitrogen and oxygen atoms in total. The van der Waals surface area contributed by atoms with Gasteiger partial charge in [-0.25, -0.2) is 0 Å². The fourth-order valence-electron chi connectivity index (χ4n) is 3.33. The number of amides is 3. The highest BCUT2D eigenvalue weighted by atomic mass is 16.6. The average molecular weight is 432 g/mol. The van der Waals surface area contributed by atoms with Crippen LogP contribution in [0.15, 0.2) is 30.3 Å². The van der Waals surface area contributed by atoms with Crippen LogP contribution in [0.25, 0.3) is 0 Å². The highest BCUT2D eigenvalue weighted by Crippen LogP contribution is 2.29. The van der Waals surface area contributed by atoms with Gasteiger partial charge < -0.3 is 20.7 Å². The van der Waals surface area contributed by atoms with E-state index in [1.165, 1.54) is 6.92 Å². The number of ketones is 1. The first-order valence-corrected chi connectivity index (χ1v) is 10.7. The maximum Gasteiger partial charge on any atom is 0.243 e. The quantitative estimate of drug-likeness (QED) is 0.429. The van der Waals surface area contributed by atoms with Gasteiger partial charge in [0.15, 0.2) is 5.78 Å². The molecule has 1 saturated heterocycles. The molecule has 1 aliphatic heterocycles. The van der Waals surface area contributed by atoms with Gasteiger partial charge in [-0.1, -0.05) is 44.2 Å². The Bertz CT molecular complexity index is 790. The van der Waals surface area contributed by atoms with Gasteiger partial charge in [-0.2, -0.15) is 0 Å². The van der Waals surface area contributed by atoms with Crippen LogP contribution in [0.4, 0.5) is 0 Å². The number of hydrogen-bond acceptors (Lipinski definition) is 5. The van der Waals surface area contributed by atoms with Crippen molar-refractivity contribution in [1.82, 2.24) is 16.0 Å². The Morgan fingerprint density at radius 1 is 1.06 bits per heavy atom. The lowest BCUT2D eigenvalue weighted by molar-refractivity contribution is -0.132. The molecule has 1 heterocycles. The van der Waals surface area contributed by atoms with Crippen molar-refractivity contribution in [2.75, 3.05) is 13.2 Å². The molecule has 2 rings (SSSR count). The summed E-state index contributed by atoms with van der Waals surface area (Å²) >= 11 is 0. The second kappa shape index (κ2) is 11.0. The number of hydrogen-bond donors (Lipinski definition) is 3. The van der Waals surface area contributed by atoms with Gasteiger partial charge in [0.2, 0.25) is 17.7 Å². The highest BCUT2D eigenvalue weighted by Gasteiger charge is 2.50. The Hall–Kier alpha value is -2.74. The van der Waals surface area contributed by atoms with E-state index in [0.717, 1.165) is 5.56 Å². The van der Waals surface area contributed by atoms with E-state index in [0.29, 0.717) is 25.9 Å². The molecule has 1 aliphatic rings. The zero-order valence-electron chi connectivity index (χ0n) is 18.7. The molecule has 1 fully saturated rings. The van der Waals surface area contributed by atoms with Crippen molar-refractivity contribution in [2.45, 2.75) is 64.6 Å². The lowest BCUT2D eigenvalue weighted by Crippen LogP contribution is -2.52. The van der Waals surface area contributed by atoms with Gasteiger partial charge in [0, 0.05) is 6.92 Å². The van der Waals surface area contributed by atoms with Crippen LogP contribution in [0.3, 0.4) is 0 Å². The molecule has 3 amide bonds. The third-order valence-electron chi connectivity index (χ3n) is 5.14. The predicted octanol–water partition coefficient (Wildman–Crippen LogP) is 1.13. The van der Waals surface area contributed by atoms with E-state index in [1.54, 1.807) is 6.92 Å². The van der Waals surface area contributed by atoms with E-state index in [4.69, 9.17) is 4.74 Å². The zero-order chi connectivity index (χ0) is 23.0. The van der Waals surface area contributed by atoms with E-state index in [9.17, 15) is 19.2 Å². The zero-order valence-corrected chi connectivity index (χ0v) is 18.7. The van der Waals surface area contributed by atoms with Crippen LogP contribution in [0.1, 0.15) is 46.1 Å². The summed E-state index contributed by atoms with van der Waals surface area (Å²) in [6.45, 7) is 7.07. The first-order chi connectivity index (χ1) is 14.6. The number of nitrogens with one attached hydrogen (secondary N) is 3. The number of carbonyl (C=O) groups is 4. The minimum Gasteiger partial charge on any atom is -0.361 e. The van der Waals surface area contributed by atoms with Crippen molar-refractivity contribution >= 4 is 23.5 Å². The number of carbonyl (C=O) groups excluding carboxylic acids is 4. The Labute approximate surface area is 183 Å².